The molecule has 0 saturated carbocycles. The fraction of sp³-hybridized carbons (Fsp3) is 0.105. The van der Waals surface area contributed by atoms with Crippen LogP contribution in [0.15, 0.2) is 60.9 Å². The molecule has 0 fully saturated rings. The molecule has 0 spiro atoms. The lowest BCUT2D eigenvalue weighted by Crippen LogP contribution is -2.23. The molecule has 3 aromatic rings. The van der Waals surface area contributed by atoms with Crippen LogP contribution in [0.2, 0.25) is 0 Å². The van der Waals surface area contributed by atoms with Gasteiger partial charge in [0.2, 0.25) is 0 Å². The Morgan fingerprint density at radius 3 is 2.62 bits per heavy atom. The summed E-state index contributed by atoms with van der Waals surface area (Å²) in [6.07, 6.45) is 1.44. The first-order chi connectivity index (χ1) is 12.5. The maximum atomic E-state index is 12.3. The van der Waals surface area contributed by atoms with Crippen molar-refractivity contribution in [1.29, 1.82) is 0 Å². The predicted octanol–water partition coefficient (Wildman–Crippen LogP) is 3.29. The van der Waals surface area contributed by atoms with E-state index in [1.807, 2.05) is 30.3 Å². The van der Waals surface area contributed by atoms with E-state index >= 15 is 0 Å². The molecule has 26 heavy (non-hydrogen) atoms. The highest BCUT2D eigenvalue weighted by molar-refractivity contribution is 5.94. The number of aromatic nitrogens is 2. The number of benzene rings is 2. The van der Waals surface area contributed by atoms with Crippen molar-refractivity contribution in [2.24, 2.45) is 0 Å². The molecule has 1 N–H and O–H groups in total. The molecule has 1 heterocycles. The van der Waals surface area contributed by atoms with Crippen molar-refractivity contribution in [2.75, 3.05) is 0 Å². The van der Waals surface area contributed by atoms with E-state index in [0.29, 0.717) is 11.3 Å². The number of rotatable bonds is 5. The fourth-order valence-electron chi connectivity index (χ4n) is 2.48. The molecule has 7 heteroatoms. The van der Waals surface area contributed by atoms with Gasteiger partial charge < -0.3 is 5.32 Å². The lowest BCUT2D eigenvalue weighted by Gasteiger charge is -2.07. The Labute approximate surface area is 149 Å². The van der Waals surface area contributed by atoms with Crippen LogP contribution in [0.25, 0.3) is 11.3 Å². The van der Waals surface area contributed by atoms with Gasteiger partial charge in [-0.15, -0.1) is 0 Å². The van der Waals surface area contributed by atoms with Crippen molar-refractivity contribution >= 4 is 11.6 Å². The molecule has 0 aliphatic rings. The topological polar surface area (TPSA) is 98.0 Å². The molecule has 0 unspecified atom stereocenters. The maximum absolute atomic E-state index is 12.3. The zero-order valence-corrected chi connectivity index (χ0v) is 14.0. The highest BCUT2D eigenvalue weighted by Gasteiger charge is 2.15. The minimum atomic E-state index is -0.497. The van der Waals surface area contributed by atoms with Gasteiger partial charge in [0.25, 0.3) is 11.6 Å². The average molecular weight is 348 g/mol. The summed E-state index contributed by atoms with van der Waals surface area (Å²) in [6, 6.07) is 15.8. The Bertz CT molecular complexity index is 958. The molecule has 0 saturated heterocycles. The summed E-state index contributed by atoms with van der Waals surface area (Å²) >= 11 is 0. The molecule has 0 radical (unpaired) electrons. The molecule has 2 aromatic carbocycles. The van der Waals surface area contributed by atoms with E-state index < -0.39 is 10.8 Å². The van der Waals surface area contributed by atoms with Gasteiger partial charge in [-0.2, -0.15) is 0 Å². The van der Waals surface area contributed by atoms with Crippen LogP contribution < -0.4 is 5.32 Å². The van der Waals surface area contributed by atoms with Crippen LogP contribution in [-0.4, -0.2) is 20.8 Å². The summed E-state index contributed by atoms with van der Waals surface area (Å²) in [5.74, 6) is -0.395. The van der Waals surface area contributed by atoms with E-state index in [1.54, 1.807) is 25.1 Å². The first-order valence-corrected chi connectivity index (χ1v) is 7.94. The van der Waals surface area contributed by atoms with Crippen LogP contribution in [0.5, 0.6) is 0 Å². The average Bonchev–Trinajstić information content (AvgIpc) is 2.67. The summed E-state index contributed by atoms with van der Waals surface area (Å²) in [5.41, 5.74) is 3.03. The molecule has 0 aliphatic carbocycles. The van der Waals surface area contributed by atoms with Crippen LogP contribution in [0.1, 0.15) is 21.6 Å². The third-order valence-corrected chi connectivity index (χ3v) is 3.89. The second-order valence-electron chi connectivity index (χ2n) is 5.70. The van der Waals surface area contributed by atoms with Crippen molar-refractivity contribution in [1.82, 2.24) is 15.3 Å². The summed E-state index contributed by atoms with van der Waals surface area (Å²) in [7, 11) is 0. The van der Waals surface area contributed by atoms with Crippen LogP contribution >= 0.6 is 0 Å². The third-order valence-electron chi connectivity index (χ3n) is 3.89. The van der Waals surface area contributed by atoms with E-state index in [-0.39, 0.29) is 17.8 Å². The number of aryl methyl sites for hydroxylation is 1. The summed E-state index contributed by atoms with van der Waals surface area (Å²) in [5, 5.41) is 13.7. The number of hydrogen-bond acceptors (Lipinski definition) is 5. The first kappa shape index (κ1) is 17.2. The van der Waals surface area contributed by atoms with Crippen molar-refractivity contribution < 1.29 is 9.72 Å². The summed E-state index contributed by atoms with van der Waals surface area (Å²) in [6.45, 7) is 1.83. The number of hydrogen-bond donors (Lipinski definition) is 1. The molecular formula is C19H16N4O3. The van der Waals surface area contributed by atoms with E-state index in [0.717, 1.165) is 11.3 Å². The van der Waals surface area contributed by atoms with Gasteiger partial charge in [0, 0.05) is 22.8 Å². The van der Waals surface area contributed by atoms with Gasteiger partial charge in [-0.1, -0.05) is 36.4 Å². The van der Waals surface area contributed by atoms with Crippen LogP contribution in [0, 0.1) is 17.0 Å². The SMILES string of the molecule is Cc1ccc(C(=O)NCc2cc(-c3ccccc3)ncn2)cc1[N+](=O)[O-]. The number of nitro benzene ring substituents is 1. The number of nitrogens with zero attached hydrogens (tertiary/aromatic N) is 3. The molecule has 7 nitrogen and oxygen atoms in total. The van der Waals surface area contributed by atoms with Crippen LogP contribution in [0.3, 0.4) is 0 Å². The lowest BCUT2D eigenvalue weighted by atomic mass is 10.1. The van der Waals surface area contributed by atoms with E-state index in [1.165, 1.54) is 12.4 Å². The van der Waals surface area contributed by atoms with Gasteiger partial charge >= 0.3 is 0 Å². The molecular weight excluding hydrogens is 332 g/mol. The van der Waals surface area contributed by atoms with Gasteiger partial charge in [0.15, 0.2) is 0 Å². The minimum absolute atomic E-state index is 0.0777. The van der Waals surface area contributed by atoms with Gasteiger partial charge in [0.05, 0.1) is 22.9 Å². The lowest BCUT2D eigenvalue weighted by molar-refractivity contribution is -0.385. The second kappa shape index (κ2) is 7.52. The largest absolute Gasteiger partial charge is 0.346 e. The summed E-state index contributed by atoms with van der Waals surface area (Å²) in [4.78, 5) is 31.2. The minimum Gasteiger partial charge on any atom is -0.346 e. The van der Waals surface area contributed by atoms with Crippen molar-refractivity contribution in [3.8, 4) is 11.3 Å². The number of nitrogens with one attached hydrogen (secondary N) is 1. The van der Waals surface area contributed by atoms with Gasteiger partial charge in [-0.3, -0.25) is 14.9 Å². The van der Waals surface area contributed by atoms with Crippen molar-refractivity contribution in [3.63, 3.8) is 0 Å². The van der Waals surface area contributed by atoms with E-state index in [4.69, 9.17) is 0 Å². The zero-order valence-electron chi connectivity index (χ0n) is 14.0. The monoisotopic (exact) mass is 348 g/mol. The first-order valence-electron chi connectivity index (χ1n) is 7.94. The molecule has 0 atom stereocenters. The number of amides is 1. The number of carbonyl (C=O) groups is 1. The quantitative estimate of drug-likeness (QED) is 0.563. The smallest absolute Gasteiger partial charge is 0.273 e. The molecule has 1 amide bonds. The van der Waals surface area contributed by atoms with Gasteiger partial charge in [0.1, 0.15) is 6.33 Å². The predicted molar refractivity (Wildman–Crippen MR) is 96.5 cm³/mol. The van der Waals surface area contributed by atoms with Crippen molar-refractivity contribution in [2.45, 2.75) is 13.5 Å². The van der Waals surface area contributed by atoms with E-state index in [9.17, 15) is 14.9 Å². The Balaban J connectivity index is 1.72. The fourth-order valence-corrected chi connectivity index (χ4v) is 2.48. The Hall–Kier alpha value is -3.61. The van der Waals surface area contributed by atoms with Crippen LogP contribution in [-0.2, 0) is 6.54 Å². The van der Waals surface area contributed by atoms with Gasteiger partial charge in [-0.25, -0.2) is 9.97 Å². The highest BCUT2D eigenvalue weighted by Crippen LogP contribution is 2.19. The Morgan fingerprint density at radius 2 is 1.88 bits per heavy atom. The van der Waals surface area contributed by atoms with E-state index in [2.05, 4.69) is 15.3 Å². The molecule has 3 rings (SSSR count). The molecule has 0 aliphatic heterocycles. The number of nitro groups is 1. The normalized spacial score (nSPS) is 10.3. The van der Waals surface area contributed by atoms with Gasteiger partial charge in [-0.05, 0) is 19.1 Å². The highest BCUT2D eigenvalue weighted by atomic mass is 16.6. The van der Waals surface area contributed by atoms with Crippen molar-refractivity contribution in [3.05, 3.63) is 87.9 Å². The molecule has 1 aromatic heterocycles. The molecule has 130 valence electrons. The Morgan fingerprint density at radius 1 is 1.12 bits per heavy atom. The second-order valence-corrected chi connectivity index (χ2v) is 5.70. The zero-order chi connectivity index (χ0) is 18.5. The molecule has 0 bridgehead atoms. The standard InChI is InChI=1S/C19H16N4O3/c1-13-7-8-15(9-18(13)23(25)26)19(24)20-11-16-10-17(22-12-21-16)14-5-3-2-4-6-14/h2-10,12H,11H2,1H3,(H,20,24). The van der Waals surface area contributed by atoms with Crippen LogP contribution in [0.4, 0.5) is 5.69 Å². The Kier molecular flexibility index (Phi) is 4.98. The number of carbonyl (C=O) groups excluding carboxylic acids is 1. The summed E-state index contributed by atoms with van der Waals surface area (Å²) < 4.78 is 0. The third kappa shape index (κ3) is 3.89. The maximum Gasteiger partial charge on any atom is 0.273 e.